The molecule has 1 aromatic rings. The molecule has 0 aromatic carbocycles. The van der Waals surface area contributed by atoms with Crippen molar-refractivity contribution in [2.45, 2.75) is 11.9 Å². The molecule has 0 unspecified atom stereocenters. The standard InChI is InChI=1S/C9H11N3O4S/c1-6(2)12-16-9(13)7-4-3-5-11-8(7)17(10,14)15/h3-5,12H,1H2,2H3,(H2,10,14,15). The van der Waals surface area contributed by atoms with Crippen LogP contribution in [0.3, 0.4) is 0 Å². The summed E-state index contributed by atoms with van der Waals surface area (Å²) < 4.78 is 22.3. The van der Waals surface area contributed by atoms with Crippen LogP contribution in [0.4, 0.5) is 0 Å². The number of pyridine rings is 1. The molecule has 0 atom stereocenters. The lowest BCUT2D eigenvalue weighted by Gasteiger charge is -2.07. The van der Waals surface area contributed by atoms with Gasteiger partial charge in [0.15, 0.2) is 5.03 Å². The van der Waals surface area contributed by atoms with Crippen LogP contribution in [-0.4, -0.2) is 19.4 Å². The summed E-state index contributed by atoms with van der Waals surface area (Å²) in [6.45, 7) is 5.01. The number of aromatic nitrogens is 1. The first-order valence-electron chi connectivity index (χ1n) is 4.43. The Bertz CT molecular complexity index is 553. The highest BCUT2D eigenvalue weighted by molar-refractivity contribution is 7.89. The van der Waals surface area contributed by atoms with E-state index in [9.17, 15) is 13.2 Å². The molecule has 0 spiro atoms. The predicted octanol–water partition coefficient (Wildman–Crippen LogP) is -0.0760. The molecule has 7 nitrogen and oxygen atoms in total. The zero-order valence-corrected chi connectivity index (χ0v) is 9.82. The van der Waals surface area contributed by atoms with Crippen LogP contribution in [0.15, 0.2) is 35.6 Å². The van der Waals surface area contributed by atoms with Crippen molar-refractivity contribution in [3.05, 3.63) is 36.2 Å². The Morgan fingerprint density at radius 1 is 1.59 bits per heavy atom. The highest BCUT2D eigenvalue weighted by Gasteiger charge is 2.21. The Labute approximate surface area is 98.3 Å². The average Bonchev–Trinajstić information content (AvgIpc) is 2.24. The molecule has 17 heavy (non-hydrogen) atoms. The van der Waals surface area contributed by atoms with Crippen molar-refractivity contribution >= 4 is 16.0 Å². The summed E-state index contributed by atoms with van der Waals surface area (Å²) in [6, 6.07) is 2.64. The normalized spacial score (nSPS) is 10.7. The Hall–Kier alpha value is -1.93. The van der Waals surface area contributed by atoms with Gasteiger partial charge in [-0.3, -0.25) is 0 Å². The number of nitrogens with zero attached hydrogens (tertiary/aromatic N) is 1. The molecule has 8 heteroatoms. The lowest BCUT2D eigenvalue weighted by atomic mass is 10.3. The number of nitrogens with two attached hydrogens (primary N) is 1. The van der Waals surface area contributed by atoms with E-state index in [2.05, 4.69) is 21.9 Å². The number of hydrogen-bond donors (Lipinski definition) is 2. The molecule has 1 rings (SSSR count). The van der Waals surface area contributed by atoms with Crippen LogP contribution < -0.4 is 10.6 Å². The molecule has 0 aliphatic heterocycles. The first-order chi connectivity index (χ1) is 7.82. The average molecular weight is 257 g/mol. The number of hydrogen-bond acceptors (Lipinski definition) is 6. The third kappa shape index (κ3) is 3.54. The minimum atomic E-state index is -4.08. The molecule has 0 saturated carbocycles. The molecule has 0 fully saturated rings. The molecule has 1 heterocycles. The van der Waals surface area contributed by atoms with Crippen molar-refractivity contribution < 1.29 is 18.0 Å². The maximum Gasteiger partial charge on any atom is 0.365 e. The Morgan fingerprint density at radius 2 is 2.24 bits per heavy atom. The summed E-state index contributed by atoms with van der Waals surface area (Å²) >= 11 is 0. The van der Waals surface area contributed by atoms with E-state index in [-0.39, 0.29) is 5.56 Å². The SMILES string of the molecule is C=C(C)NOC(=O)c1cccnc1S(N)(=O)=O. The van der Waals surface area contributed by atoms with Crippen molar-refractivity contribution in [3.8, 4) is 0 Å². The molecule has 3 N–H and O–H groups in total. The number of sulfonamides is 1. The van der Waals surface area contributed by atoms with Gasteiger partial charge >= 0.3 is 5.97 Å². The van der Waals surface area contributed by atoms with E-state index in [4.69, 9.17) is 5.14 Å². The summed E-state index contributed by atoms with van der Waals surface area (Å²) in [5.74, 6) is -0.912. The fourth-order valence-electron chi connectivity index (χ4n) is 0.961. The number of hydroxylamine groups is 1. The van der Waals surface area contributed by atoms with Gasteiger partial charge in [0, 0.05) is 11.9 Å². The van der Waals surface area contributed by atoms with Gasteiger partial charge in [0.25, 0.3) is 10.0 Å². The summed E-state index contributed by atoms with van der Waals surface area (Å²) in [5, 5.41) is 4.38. The van der Waals surface area contributed by atoms with Crippen molar-refractivity contribution in [3.63, 3.8) is 0 Å². The van der Waals surface area contributed by atoms with E-state index in [1.165, 1.54) is 18.3 Å². The van der Waals surface area contributed by atoms with Gasteiger partial charge in [-0.1, -0.05) is 6.58 Å². The van der Waals surface area contributed by atoms with Gasteiger partial charge in [-0.25, -0.2) is 28.8 Å². The minimum absolute atomic E-state index is 0.247. The smallest absolute Gasteiger partial charge is 0.338 e. The van der Waals surface area contributed by atoms with Gasteiger partial charge in [-0.15, -0.1) is 0 Å². The van der Waals surface area contributed by atoms with E-state index >= 15 is 0 Å². The number of carbonyl (C=O) groups is 1. The summed E-state index contributed by atoms with van der Waals surface area (Å²) in [4.78, 5) is 19.6. The maximum absolute atomic E-state index is 11.5. The van der Waals surface area contributed by atoms with E-state index < -0.39 is 21.0 Å². The number of allylic oxidation sites excluding steroid dienone is 1. The predicted molar refractivity (Wildman–Crippen MR) is 59.0 cm³/mol. The summed E-state index contributed by atoms with van der Waals surface area (Å²) in [7, 11) is -4.08. The highest BCUT2D eigenvalue weighted by Crippen LogP contribution is 2.11. The zero-order valence-electron chi connectivity index (χ0n) is 9.00. The molecule has 0 bridgehead atoms. The third-order valence-electron chi connectivity index (χ3n) is 1.58. The Morgan fingerprint density at radius 3 is 2.76 bits per heavy atom. The van der Waals surface area contributed by atoms with Gasteiger partial charge in [0.05, 0.1) is 0 Å². The fourth-order valence-corrected chi connectivity index (χ4v) is 1.63. The van der Waals surface area contributed by atoms with Gasteiger partial charge in [-0.2, -0.15) is 0 Å². The number of nitrogens with one attached hydrogen (secondary N) is 1. The third-order valence-corrected chi connectivity index (χ3v) is 2.44. The molecule has 0 saturated heterocycles. The maximum atomic E-state index is 11.5. The second kappa shape index (κ2) is 4.93. The van der Waals surface area contributed by atoms with Crippen LogP contribution in [-0.2, 0) is 14.9 Å². The van der Waals surface area contributed by atoms with Crippen molar-refractivity contribution in [1.29, 1.82) is 0 Å². The lowest BCUT2D eigenvalue weighted by Crippen LogP contribution is -2.23. The van der Waals surface area contributed by atoms with Gasteiger partial charge in [-0.05, 0) is 19.1 Å². The molecule has 0 radical (unpaired) electrons. The second-order valence-electron chi connectivity index (χ2n) is 3.17. The first-order valence-corrected chi connectivity index (χ1v) is 5.97. The second-order valence-corrected chi connectivity index (χ2v) is 4.65. The zero-order chi connectivity index (χ0) is 13.1. The molecular formula is C9H11N3O4S. The largest absolute Gasteiger partial charge is 0.365 e. The van der Waals surface area contributed by atoms with Crippen molar-refractivity contribution in [2.24, 2.45) is 5.14 Å². The molecule has 92 valence electrons. The van der Waals surface area contributed by atoms with Crippen LogP contribution in [0, 0.1) is 0 Å². The number of carbonyl (C=O) groups excluding carboxylic acids is 1. The topological polar surface area (TPSA) is 111 Å². The van der Waals surface area contributed by atoms with Crippen LogP contribution in [0.5, 0.6) is 0 Å². The summed E-state index contributed by atoms with van der Waals surface area (Å²) in [6.07, 6.45) is 1.21. The molecule has 0 amide bonds. The van der Waals surface area contributed by atoms with Gasteiger partial charge < -0.3 is 4.84 Å². The fraction of sp³-hybridized carbons (Fsp3) is 0.111. The highest BCUT2D eigenvalue weighted by atomic mass is 32.2. The van der Waals surface area contributed by atoms with Crippen LogP contribution >= 0.6 is 0 Å². The van der Waals surface area contributed by atoms with E-state index in [1.807, 2.05) is 0 Å². The minimum Gasteiger partial charge on any atom is -0.338 e. The van der Waals surface area contributed by atoms with E-state index in [0.29, 0.717) is 5.70 Å². The van der Waals surface area contributed by atoms with Crippen molar-refractivity contribution in [1.82, 2.24) is 10.5 Å². The van der Waals surface area contributed by atoms with Crippen LogP contribution in [0.1, 0.15) is 17.3 Å². The summed E-state index contributed by atoms with van der Waals surface area (Å²) in [5.41, 5.74) is 2.36. The number of primary sulfonamides is 1. The van der Waals surface area contributed by atoms with Crippen LogP contribution in [0.25, 0.3) is 0 Å². The van der Waals surface area contributed by atoms with Crippen LogP contribution in [0.2, 0.25) is 0 Å². The molecule has 0 aliphatic rings. The first kappa shape index (κ1) is 13.1. The molecule has 0 aliphatic carbocycles. The van der Waals surface area contributed by atoms with Crippen molar-refractivity contribution in [2.75, 3.05) is 0 Å². The van der Waals surface area contributed by atoms with Gasteiger partial charge in [0.2, 0.25) is 0 Å². The molecular weight excluding hydrogens is 246 g/mol. The Balaban J connectivity index is 3.06. The number of rotatable bonds is 4. The van der Waals surface area contributed by atoms with E-state index in [0.717, 1.165) is 0 Å². The quantitative estimate of drug-likeness (QED) is 0.730. The lowest BCUT2D eigenvalue weighted by molar-refractivity contribution is 0.0320. The monoisotopic (exact) mass is 257 g/mol. The van der Waals surface area contributed by atoms with E-state index in [1.54, 1.807) is 6.92 Å². The van der Waals surface area contributed by atoms with Gasteiger partial charge in [0.1, 0.15) is 5.56 Å². The molecule has 1 aromatic heterocycles. The Kier molecular flexibility index (Phi) is 3.81.